The molecule has 0 aliphatic rings. The molecule has 0 bridgehead atoms. The van der Waals surface area contributed by atoms with Crippen molar-refractivity contribution in [3.8, 4) is 11.4 Å². The lowest BCUT2D eigenvalue weighted by molar-refractivity contribution is -0.140. The number of hydrogen-bond donors (Lipinski definition) is 3. The first-order valence-corrected chi connectivity index (χ1v) is 9.08. The molecule has 2 heterocycles. The minimum absolute atomic E-state index is 0. The lowest BCUT2D eigenvalue weighted by Crippen LogP contribution is -2.50. The molecule has 0 atom stereocenters. The lowest BCUT2D eigenvalue weighted by atomic mass is 10.0. The summed E-state index contributed by atoms with van der Waals surface area (Å²) < 4.78 is 51.9. The smallest absolute Gasteiger partial charge is 0.375 e. The van der Waals surface area contributed by atoms with Crippen molar-refractivity contribution in [1.29, 1.82) is 0 Å². The van der Waals surface area contributed by atoms with E-state index in [0.29, 0.717) is 16.2 Å². The first kappa shape index (κ1) is 20.7. The van der Waals surface area contributed by atoms with Crippen molar-refractivity contribution in [2.45, 2.75) is 25.6 Å². The second-order valence-electron chi connectivity index (χ2n) is 6.67. The summed E-state index contributed by atoms with van der Waals surface area (Å²) in [5.74, 6) is -1.97. The van der Waals surface area contributed by atoms with Crippen LogP contribution in [0.5, 0.6) is 0 Å². The maximum atomic E-state index is 14.2. The first-order chi connectivity index (χ1) is 13.4. The fourth-order valence-electron chi connectivity index (χ4n) is 2.43. The topological polar surface area (TPSA) is 106 Å². The van der Waals surface area contributed by atoms with Gasteiger partial charge in [0.1, 0.15) is 12.1 Å². The number of halogens is 4. The van der Waals surface area contributed by atoms with Crippen molar-refractivity contribution in [2.24, 2.45) is 0 Å². The molecule has 0 radical (unpaired) electrons. The number of nitrogens with two attached hydrogens (primary N) is 1. The monoisotopic (exact) mass is 436 g/mol. The molecule has 0 fully saturated rings. The molecule has 7 nitrogen and oxygen atoms in total. The number of hydrogen-bond acceptors (Lipinski definition) is 7. The summed E-state index contributed by atoms with van der Waals surface area (Å²) in [4.78, 5) is 24.2. The predicted octanol–water partition coefficient (Wildman–Crippen LogP) is 4.33. The van der Waals surface area contributed by atoms with Crippen molar-refractivity contribution in [1.82, 2.24) is 20.3 Å². The molecule has 0 unspecified atom stereocenters. The molecule has 3 aromatic rings. The van der Waals surface area contributed by atoms with Gasteiger partial charge in [0.25, 0.3) is 0 Å². The van der Waals surface area contributed by atoms with Gasteiger partial charge >= 0.3 is 6.18 Å². The number of anilines is 2. The molecule has 0 saturated carbocycles. The number of amides is 1. The van der Waals surface area contributed by atoms with Gasteiger partial charge in [-0.15, -0.1) is 0 Å². The van der Waals surface area contributed by atoms with Crippen molar-refractivity contribution >= 4 is 38.4 Å². The van der Waals surface area contributed by atoms with E-state index in [-0.39, 0.29) is 17.3 Å². The predicted molar refractivity (Wildman–Crippen MR) is 110 cm³/mol. The van der Waals surface area contributed by atoms with Gasteiger partial charge in [-0.2, -0.15) is 13.2 Å². The van der Waals surface area contributed by atoms with Crippen molar-refractivity contribution in [3.05, 3.63) is 30.2 Å². The fraction of sp³-hybridized carbons (Fsp3) is 0.294. The Morgan fingerprint density at radius 2 is 2.00 bits per heavy atom. The van der Waals surface area contributed by atoms with Gasteiger partial charge in [0.05, 0.1) is 16.4 Å². The molecule has 12 heteroatoms. The molecule has 0 spiro atoms. The number of fused-ring (bicyclic) bond motifs is 1. The highest BCUT2D eigenvalue weighted by Gasteiger charge is 2.34. The number of nitrogens with one attached hydrogen (secondary N) is 2. The molecule has 1 aromatic carbocycles. The van der Waals surface area contributed by atoms with Crippen LogP contribution < -0.4 is 16.4 Å². The standard InChI is InChI=1S/C17H16F4N6OS.4H2/c1-16(2,14(28)24-7-17(19,20)21)27-13-9(18)6-23-12(26-13)8-3-4-10-11(5-8)29-15(22)25-10;;;;/h3-6H,7H2,1-2H3,(H2,22,25)(H,24,28)(H,23,26,27);4*1H. The molecular weight excluding hydrogens is 412 g/mol. The van der Waals surface area contributed by atoms with Gasteiger partial charge < -0.3 is 16.4 Å². The Bertz CT molecular complexity index is 1080. The van der Waals surface area contributed by atoms with Crippen LogP contribution in [-0.4, -0.2) is 39.1 Å². The van der Waals surface area contributed by atoms with Crippen LogP contribution in [0, 0.1) is 5.82 Å². The van der Waals surface area contributed by atoms with Gasteiger partial charge in [-0.1, -0.05) is 11.3 Å². The third kappa shape index (κ3) is 4.88. The van der Waals surface area contributed by atoms with E-state index in [4.69, 9.17) is 5.73 Å². The Morgan fingerprint density at radius 1 is 1.28 bits per heavy atom. The third-order valence-corrected chi connectivity index (χ3v) is 4.70. The zero-order chi connectivity index (χ0) is 21.4. The SMILES string of the molecule is CC(C)(Nc1nc(-c2ccc3nc(N)sc3c2)ncc1F)C(=O)NCC(F)(F)F.[HH].[HH].[HH].[HH]. The van der Waals surface area contributed by atoms with Crippen LogP contribution >= 0.6 is 11.3 Å². The van der Waals surface area contributed by atoms with Crippen molar-refractivity contribution < 1.29 is 28.1 Å². The first-order valence-electron chi connectivity index (χ1n) is 8.27. The summed E-state index contributed by atoms with van der Waals surface area (Å²) >= 11 is 1.27. The summed E-state index contributed by atoms with van der Waals surface area (Å²) in [6.45, 7) is 1.13. The van der Waals surface area contributed by atoms with Crippen LogP contribution in [0.3, 0.4) is 0 Å². The van der Waals surface area contributed by atoms with Gasteiger partial charge in [0.15, 0.2) is 22.6 Å². The number of alkyl halides is 3. The fourth-order valence-corrected chi connectivity index (χ4v) is 3.20. The summed E-state index contributed by atoms with van der Waals surface area (Å²) in [7, 11) is 0. The molecule has 29 heavy (non-hydrogen) atoms. The third-order valence-electron chi connectivity index (χ3n) is 3.86. The number of nitrogens with zero attached hydrogens (tertiary/aromatic N) is 3. The summed E-state index contributed by atoms with van der Waals surface area (Å²) in [6.07, 6.45) is -3.64. The summed E-state index contributed by atoms with van der Waals surface area (Å²) in [6, 6.07) is 5.13. The van der Waals surface area contributed by atoms with E-state index in [2.05, 4.69) is 20.3 Å². The highest BCUT2D eigenvalue weighted by molar-refractivity contribution is 7.22. The molecule has 1 amide bonds. The van der Waals surface area contributed by atoms with Crippen LogP contribution in [0.1, 0.15) is 19.6 Å². The number of carbonyl (C=O) groups excluding carboxylic acids is 1. The molecule has 0 aliphatic carbocycles. The van der Waals surface area contributed by atoms with Crippen LogP contribution in [0.15, 0.2) is 24.4 Å². The van der Waals surface area contributed by atoms with Crippen LogP contribution in [0.2, 0.25) is 0 Å². The minimum atomic E-state index is -4.56. The number of thiazole rings is 1. The maximum Gasteiger partial charge on any atom is 0.405 e. The average Bonchev–Trinajstić information content (AvgIpc) is 2.99. The Balaban J connectivity index is 0. The summed E-state index contributed by atoms with van der Waals surface area (Å²) in [5, 5.41) is 4.69. The van der Waals surface area contributed by atoms with Crippen molar-refractivity contribution in [3.63, 3.8) is 0 Å². The van der Waals surface area contributed by atoms with Crippen molar-refractivity contribution in [2.75, 3.05) is 17.6 Å². The maximum absolute atomic E-state index is 14.2. The molecule has 2 aromatic heterocycles. The van der Waals surface area contributed by atoms with Gasteiger partial charge in [-0.25, -0.2) is 19.3 Å². The second-order valence-corrected chi connectivity index (χ2v) is 7.73. The number of rotatable bonds is 5. The normalized spacial score (nSPS) is 12.2. The molecular formula is C17H24F4N6OS. The van der Waals surface area contributed by atoms with Gasteiger partial charge in [-0.05, 0) is 32.0 Å². The van der Waals surface area contributed by atoms with E-state index < -0.39 is 30.0 Å². The van der Waals surface area contributed by atoms with Crippen LogP contribution in [0.4, 0.5) is 28.5 Å². The Morgan fingerprint density at radius 3 is 2.69 bits per heavy atom. The molecule has 0 aliphatic heterocycles. The van der Waals surface area contributed by atoms with E-state index in [1.54, 1.807) is 23.5 Å². The highest BCUT2D eigenvalue weighted by Crippen LogP contribution is 2.29. The zero-order valence-corrected chi connectivity index (χ0v) is 16.1. The van der Waals surface area contributed by atoms with E-state index in [1.165, 1.54) is 25.2 Å². The van der Waals surface area contributed by atoms with E-state index in [1.807, 2.05) is 0 Å². The molecule has 0 saturated heterocycles. The Hall–Kier alpha value is -3.02. The quantitative estimate of drug-likeness (QED) is 0.514. The number of carbonyl (C=O) groups is 1. The second kappa shape index (κ2) is 7.43. The van der Waals surface area contributed by atoms with Crippen LogP contribution in [0.25, 0.3) is 21.6 Å². The average molecular weight is 436 g/mol. The molecule has 3 rings (SSSR count). The highest BCUT2D eigenvalue weighted by atomic mass is 32.1. The van der Waals surface area contributed by atoms with Gasteiger partial charge in [0, 0.05) is 11.3 Å². The largest absolute Gasteiger partial charge is 0.405 e. The van der Waals surface area contributed by atoms with Gasteiger partial charge in [0.2, 0.25) is 5.91 Å². The minimum Gasteiger partial charge on any atom is -0.375 e. The zero-order valence-electron chi connectivity index (χ0n) is 15.3. The van der Waals surface area contributed by atoms with Crippen LogP contribution in [-0.2, 0) is 4.79 Å². The number of nitrogen functional groups attached to an aromatic ring is 1. The van der Waals surface area contributed by atoms with E-state index in [9.17, 15) is 22.4 Å². The summed E-state index contributed by atoms with van der Waals surface area (Å²) in [5.41, 5.74) is 5.37. The Labute approximate surface area is 172 Å². The Kier molecular flexibility index (Phi) is 5.30. The number of benzene rings is 1. The van der Waals surface area contributed by atoms with E-state index >= 15 is 0 Å². The van der Waals surface area contributed by atoms with Gasteiger partial charge in [-0.3, -0.25) is 4.79 Å². The number of aromatic nitrogens is 3. The lowest BCUT2D eigenvalue weighted by Gasteiger charge is -2.26. The molecule has 162 valence electrons. The van der Waals surface area contributed by atoms with E-state index in [0.717, 1.165) is 10.9 Å². The molecule has 4 N–H and O–H groups in total.